The molecule has 0 aliphatic carbocycles. The van der Waals surface area contributed by atoms with Crippen LogP contribution in [0.3, 0.4) is 0 Å². The first kappa shape index (κ1) is 18.4. The molecule has 3 rings (SSSR count). The van der Waals surface area contributed by atoms with Gasteiger partial charge in [-0.1, -0.05) is 42.5 Å². The van der Waals surface area contributed by atoms with Gasteiger partial charge in [0.05, 0.1) is 18.2 Å². The summed E-state index contributed by atoms with van der Waals surface area (Å²) in [6, 6.07) is 15.5. The summed E-state index contributed by atoms with van der Waals surface area (Å²) in [5, 5.41) is 11.9. The van der Waals surface area contributed by atoms with E-state index in [1.807, 2.05) is 12.1 Å². The molecule has 7 heteroatoms. The van der Waals surface area contributed by atoms with E-state index in [9.17, 15) is 14.4 Å². The van der Waals surface area contributed by atoms with Gasteiger partial charge in [-0.3, -0.25) is 14.4 Å². The number of carboxylic acid groups (broad SMARTS) is 1. The Morgan fingerprint density at radius 1 is 1.11 bits per heavy atom. The Bertz CT molecular complexity index is 837. The number of carbonyl (C=O) groups is 3. The van der Waals surface area contributed by atoms with Gasteiger partial charge in [-0.25, -0.2) is 0 Å². The number of aliphatic carboxylic acids is 1. The monoisotopic (exact) mass is 368 g/mol. The number of benzene rings is 2. The number of ether oxygens (including phenoxy) is 1. The van der Waals surface area contributed by atoms with Crippen molar-refractivity contribution in [3.05, 3.63) is 60.2 Å². The minimum absolute atomic E-state index is 0.0586. The lowest BCUT2D eigenvalue weighted by molar-refractivity contribution is -0.137. The molecule has 0 saturated carbocycles. The quantitative estimate of drug-likeness (QED) is 0.781. The van der Waals surface area contributed by atoms with Crippen LogP contribution in [-0.4, -0.2) is 36.0 Å². The molecule has 0 radical (unpaired) electrons. The van der Waals surface area contributed by atoms with Crippen LogP contribution in [0, 0.1) is 0 Å². The molecule has 2 N–H and O–H groups in total. The lowest BCUT2D eigenvalue weighted by Gasteiger charge is -2.29. The van der Waals surface area contributed by atoms with Crippen LogP contribution in [-0.2, 0) is 14.4 Å². The molecule has 2 aromatic rings. The zero-order valence-corrected chi connectivity index (χ0v) is 14.6. The van der Waals surface area contributed by atoms with E-state index in [-0.39, 0.29) is 37.8 Å². The van der Waals surface area contributed by atoms with Gasteiger partial charge in [0.2, 0.25) is 5.91 Å². The van der Waals surface area contributed by atoms with E-state index in [0.717, 1.165) is 5.56 Å². The minimum atomic E-state index is -0.999. The van der Waals surface area contributed by atoms with E-state index in [0.29, 0.717) is 11.4 Å². The van der Waals surface area contributed by atoms with Crippen molar-refractivity contribution in [3.8, 4) is 5.75 Å². The normalized spacial score (nSPS) is 14.1. The van der Waals surface area contributed by atoms with Crippen molar-refractivity contribution in [1.82, 2.24) is 5.32 Å². The topological polar surface area (TPSA) is 95.9 Å². The Balaban J connectivity index is 1.65. The van der Waals surface area contributed by atoms with Crippen LogP contribution in [0.4, 0.5) is 5.69 Å². The number of para-hydroxylation sites is 2. The summed E-state index contributed by atoms with van der Waals surface area (Å²) >= 11 is 0. The van der Waals surface area contributed by atoms with Gasteiger partial charge in [-0.15, -0.1) is 0 Å². The van der Waals surface area contributed by atoms with Crippen molar-refractivity contribution >= 4 is 23.5 Å². The Morgan fingerprint density at radius 3 is 2.56 bits per heavy atom. The third kappa shape index (κ3) is 4.63. The van der Waals surface area contributed by atoms with E-state index in [1.165, 1.54) is 4.90 Å². The van der Waals surface area contributed by atoms with Crippen molar-refractivity contribution in [1.29, 1.82) is 0 Å². The summed E-state index contributed by atoms with van der Waals surface area (Å²) < 4.78 is 5.38. The van der Waals surface area contributed by atoms with Gasteiger partial charge < -0.3 is 20.1 Å². The van der Waals surface area contributed by atoms with Crippen LogP contribution < -0.4 is 15.0 Å². The van der Waals surface area contributed by atoms with Crippen LogP contribution >= 0.6 is 0 Å². The highest BCUT2D eigenvalue weighted by molar-refractivity contribution is 5.98. The Hall–Kier alpha value is -3.35. The highest BCUT2D eigenvalue weighted by Crippen LogP contribution is 2.31. The number of hydrogen-bond acceptors (Lipinski definition) is 4. The fourth-order valence-electron chi connectivity index (χ4n) is 2.99. The summed E-state index contributed by atoms with van der Waals surface area (Å²) in [6.07, 6.45) is -0.155. The molecule has 0 saturated heterocycles. The standard InChI is InChI=1S/C20H20N2O5/c23-18(21-15(12-20(25)26)14-6-2-1-3-7-14)10-11-22-16-8-4-5-9-17(16)27-13-19(22)24/h1-9,15H,10-13H2,(H,21,23)(H,25,26)/t15-/m1/s1. The first-order valence-corrected chi connectivity index (χ1v) is 8.63. The fraction of sp³-hybridized carbons (Fsp3) is 0.250. The summed E-state index contributed by atoms with van der Waals surface area (Å²) in [7, 11) is 0. The smallest absolute Gasteiger partial charge is 0.305 e. The van der Waals surface area contributed by atoms with Gasteiger partial charge in [0, 0.05) is 13.0 Å². The van der Waals surface area contributed by atoms with Crippen LogP contribution in [0.15, 0.2) is 54.6 Å². The van der Waals surface area contributed by atoms with Gasteiger partial charge in [0.25, 0.3) is 5.91 Å². The van der Waals surface area contributed by atoms with Crippen LogP contribution in [0.1, 0.15) is 24.4 Å². The molecule has 1 aliphatic rings. The molecule has 0 unspecified atom stereocenters. The van der Waals surface area contributed by atoms with Crippen molar-refractivity contribution in [3.63, 3.8) is 0 Å². The second kappa shape index (κ2) is 8.35. The van der Waals surface area contributed by atoms with Crippen LogP contribution in [0.2, 0.25) is 0 Å². The van der Waals surface area contributed by atoms with Gasteiger partial charge in [0.1, 0.15) is 5.75 Å². The number of rotatable bonds is 7. The molecule has 1 atom stereocenters. The van der Waals surface area contributed by atoms with Gasteiger partial charge in [-0.2, -0.15) is 0 Å². The van der Waals surface area contributed by atoms with E-state index in [4.69, 9.17) is 9.84 Å². The Labute approximate surface area is 156 Å². The molecular formula is C20H20N2O5. The number of anilines is 1. The molecule has 27 heavy (non-hydrogen) atoms. The Kier molecular flexibility index (Phi) is 5.71. The largest absolute Gasteiger partial charge is 0.482 e. The number of carboxylic acids is 1. The minimum Gasteiger partial charge on any atom is -0.482 e. The molecule has 1 aliphatic heterocycles. The fourth-order valence-corrected chi connectivity index (χ4v) is 2.99. The average molecular weight is 368 g/mol. The molecule has 2 aromatic carbocycles. The van der Waals surface area contributed by atoms with Crippen LogP contribution in [0.5, 0.6) is 5.75 Å². The summed E-state index contributed by atoms with van der Waals surface area (Å²) in [5.74, 6) is -0.930. The molecule has 140 valence electrons. The first-order chi connectivity index (χ1) is 13.0. The van der Waals surface area contributed by atoms with Gasteiger partial charge >= 0.3 is 5.97 Å². The third-order valence-electron chi connectivity index (χ3n) is 4.29. The number of carbonyl (C=O) groups excluding carboxylic acids is 2. The number of hydrogen-bond donors (Lipinski definition) is 2. The van der Waals surface area contributed by atoms with E-state index < -0.39 is 12.0 Å². The first-order valence-electron chi connectivity index (χ1n) is 8.63. The van der Waals surface area contributed by atoms with E-state index in [1.54, 1.807) is 42.5 Å². The lowest BCUT2D eigenvalue weighted by Crippen LogP contribution is -2.41. The molecule has 0 spiro atoms. The van der Waals surface area contributed by atoms with Crippen molar-refractivity contribution in [2.45, 2.75) is 18.9 Å². The van der Waals surface area contributed by atoms with Crippen molar-refractivity contribution in [2.24, 2.45) is 0 Å². The molecular weight excluding hydrogens is 348 g/mol. The Morgan fingerprint density at radius 2 is 1.81 bits per heavy atom. The molecule has 0 fully saturated rings. The predicted octanol–water partition coefficient (Wildman–Crippen LogP) is 2.13. The number of nitrogens with one attached hydrogen (secondary N) is 1. The highest BCUT2D eigenvalue weighted by Gasteiger charge is 2.26. The average Bonchev–Trinajstić information content (AvgIpc) is 2.67. The summed E-state index contributed by atoms with van der Waals surface area (Å²) in [6.45, 7) is 0.129. The second-order valence-electron chi connectivity index (χ2n) is 6.18. The van der Waals surface area contributed by atoms with Crippen molar-refractivity contribution < 1.29 is 24.2 Å². The number of amides is 2. The summed E-state index contributed by atoms with van der Waals surface area (Å²) in [5.41, 5.74) is 1.35. The zero-order chi connectivity index (χ0) is 19.2. The van der Waals surface area contributed by atoms with Crippen LogP contribution in [0.25, 0.3) is 0 Å². The van der Waals surface area contributed by atoms with E-state index in [2.05, 4.69) is 5.32 Å². The SMILES string of the molecule is O=C(O)C[C@@H](NC(=O)CCN1C(=O)COc2ccccc21)c1ccccc1. The van der Waals surface area contributed by atoms with Gasteiger partial charge in [-0.05, 0) is 17.7 Å². The summed E-state index contributed by atoms with van der Waals surface area (Å²) in [4.78, 5) is 37.2. The predicted molar refractivity (Wildman–Crippen MR) is 98.5 cm³/mol. The molecule has 0 aromatic heterocycles. The molecule has 0 bridgehead atoms. The molecule has 2 amide bonds. The molecule has 1 heterocycles. The van der Waals surface area contributed by atoms with E-state index >= 15 is 0 Å². The second-order valence-corrected chi connectivity index (χ2v) is 6.18. The third-order valence-corrected chi connectivity index (χ3v) is 4.29. The maximum atomic E-state index is 12.4. The highest BCUT2D eigenvalue weighted by atomic mass is 16.5. The van der Waals surface area contributed by atoms with Gasteiger partial charge in [0.15, 0.2) is 6.61 Å². The zero-order valence-electron chi connectivity index (χ0n) is 14.6. The molecule has 7 nitrogen and oxygen atoms in total. The maximum Gasteiger partial charge on any atom is 0.305 e. The lowest BCUT2D eigenvalue weighted by atomic mass is 10.0. The van der Waals surface area contributed by atoms with Crippen molar-refractivity contribution in [2.75, 3.05) is 18.1 Å². The number of fused-ring (bicyclic) bond motifs is 1. The number of nitrogens with zero attached hydrogens (tertiary/aromatic N) is 1. The maximum absolute atomic E-state index is 12.4.